The second-order valence-corrected chi connectivity index (χ2v) is 5.41. The van der Waals surface area contributed by atoms with Crippen LogP contribution in [0.3, 0.4) is 0 Å². The van der Waals surface area contributed by atoms with Crippen molar-refractivity contribution in [2.24, 2.45) is 23.7 Å². The molecule has 3 aliphatic heterocycles. The normalized spacial score (nSPS) is 69.0. The van der Waals surface area contributed by atoms with E-state index in [0.717, 1.165) is 23.7 Å². The molecule has 1 N–H and O–H groups in total. The quantitative estimate of drug-likeness (QED) is 0.624. The molecule has 0 radical (unpaired) electrons. The van der Waals surface area contributed by atoms with E-state index in [0.29, 0.717) is 12.2 Å². The molecule has 1 aliphatic carbocycles. The van der Waals surface area contributed by atoms with Crippen molar-refractivity contribution in [1.82, 2.24) is 5.32 Å². The van der Waals surface area contributed by atoms with Gasteiger partial charge in [-0.3, -0.25) is 5.32 Å². The molecule has 0 amide bonds. The SMILES string of the molecule is CC1OC2NC3OC(C)C4C3CC2C14. The number of fused-ring (bicyclic) bond motifs is 1. The van der Waals surface area contributed by atoms with Crippen molar-refractivity contribution < 1.29 is 9.47 Å². The van der Waals surface area contributed by atoms with E-state index in [1.54, 1.807) is 0 Å². The molecule has 3 saturated heterocycles. The van der Waals surface area contributed by atoms with E-state index in [-0.39, 0.29) is 12.5 Å². The Morgan fingerprint density at radius 2 is 1.43 bits per heavy atom. The van der Waals surface area contributed by atoms with Crippen LogP contribution in [0.1, 0.15) is 20.3 Å². The van der Waals surface area contributed by atoms with Gasteiger partial charge in [0.05, 0.1) is 12.2 Å². The van der Waals surface area contributed by atoms with E-state index in [1.807, 2.05) is 0 Å². The number of ether oxygens (including phenoxy) is 2. The molecule has 3 heteroatoms. The van der Waals surface area contributed by atoms with E-state index in [9.17, 15) is 0 Å². The van der Waals surface area contributed by atoms with E-state index in [2.05, 4.69) is 19.2 Å². The molecule has 8 unspecified atom stereocenters. The summed E-state index contributed by atoms with van der Waals surface area (Å²) in [5, 5.41) is 3.51. The Bertz CT molecular complexity index is 256. The molecule has 78 valence electrons. The van der Waals surface area contributed by atoms with Crippen LogP contribution in [0, 0.1) is 23.7 Å². The summed E-state index contributed by atoms with van der Waals surface area (Å²) in [6.07, 6.45) is 2.75. The van der Waals surface area contributed by atoms with Gasteiger partial charge in [-0.2, -0.15) is 0 Å². The highest BCUT2D eigenvalue weighted by atomic mass is 16.6. The number of nitrogens with one attached hydrogen (secondary N) is 1. The molecule has 1 saturated carbocycles. The Hall–Kier alpha value is -0.120. The van der Waals surface area contributed by atoms with E-state index < -0.39 is 0 Å². The van der Waals surface area contributed by atoms with Crippen molar-refractivity contribution in [2.45, 2.75) is 44.9 Å². The molecule has 3 heterocycles. The summed E-state index contributed by atoms with van der Waals surface area (Å²) < 4.78 is 11.9. The Balaban J connectivity index is 1.81. The van der Waals surface area contributed by atoms with Crippen molar-refractivity contribution >= 4 is 0 Å². The molecule has 2 bridgehead atoms. The summed E-state index contributed by atoms with van der Waals surface area (Å²) in [6, 6.07) is 0. The van der Waals surface area contributed by atoms with Crippen molar-refractivity contribution in [2.75, 3.05) is 0 Å². The van der Waals surface area contributed by atoms with Crippen LogP contribution in [0.15, 0.2) is 0 Å². The average Bonchev–Trinajstić information content (AvgIpc) is 2.69. The van der Waals surface area contributed by atoms with Crippen molar-refractivity contribution in [1.29, 1.82) is 0 Å². The first-order valence-corrected chi connectivity index (χ1v) is 5.82. The van der Waals surface area contributed by atoms with Gasteiger partial charge in [0.15, 0.2) is 0 Å². The summed E-state index contributed by atoms with van der Waals surface area (Å²) >= 11 is 0. The largest absolute Gasteiger partial charge is 0.360 e. The van der Waals surface area contributed by atoms with Crippen LogP contribution in [0.4, 0.5) is 0 Å². The molecule has 4 fully saturated rings. The van der Waals surface area contributed by atoms with Crippen molar-refractivity contribution in [3.8, 4) is 0 Å². The highest BCUT2D eigenvalue weighted by molar-refractivity contribution is 5.10. The lowest BCUT2D eigenvalue weighted by Gasteiger charge is -2.31. The van der Waals surface area contributed by atoms with Gasteiger partial charge in [-0.05, 0) is 32.1 Å². The predicted molar refractivity (Wildman–Crippen MR) is 50.4 cm³/mol. The smallest absolute Gasteiger partial charge is 0.113 e. The topological polar surface area (TPSA) is 30.5 Å². The van der Waals surface area contributed by atoms with Gasteiger partial charge in [0.25, 0.3) is 0 Å². The lowest BCUT2D eigenvalue weighted by atomic mass is 9.83. The molecule has 0 aromatic carbocycles. The number of piperidine rings is 1. The molecular weight excluding hydrogens is 178 g/mol. The van der Waals surface area contributed by atoms with Gasteiger partial charge >= 0.3 is 0 Å². The lowest BCUT2D eigenvalue weighted by molar-refractivity contribution is -0.0739. The van der Waals surface area contributed by atoms with Gasteiger partial charge in [0, 0.05) is 11.8 Å². The molecule has 8 atom stereocenters. The van der Waals surface area contributed by atoms with Crippen molar-refractivity contribution in [3.05, 3.63) is 0 Å². The number of hydrogen-bond acceptors (Lipinski definition) is 3. The van der Waals surface area contributed by atoms with Gasteiger partial charge in [-0.15, -0.1) is 0 Å². The Kier molecular flexibility index (Phi) is 1.35. The first-order valence-electron chi connectivity index (χ1n) is 5.82. The fourth-order valence-corrected chi connectivity index (χ4v) is 4.51. The molecule has 0 spiro atoms. The molecule has 0 aromatic heterocycles. The maximum absolute atomic E-state index is 5.95. The zero-order chi connectivity index (χ0) is 9.45. The fraction of sp³-hybridized carbons (Fsp3) is 1.00. The molecular formula is C11H17NO2. The summed E-state index contributed by atoms with van der Waals surface area (Å²) in [6.45, 7) is 4.46. The summed E-state index contributed by atoms with van der Waals surface area (Å²) in [5.74, 6) is 3.03. The van der Waals surface area contributed by atoms with E-state index in [4.69, 9.17) is 9.47 Å². The zero-order valence-corrected chi connectivity index (χ0v) is 8.64. The Morgan fingerprint density at radius 3 is 1.93 bits per heavy atom. The summed E-state index contributed by atoms with van der Waals surface area (Å²) in [7, 11) is 0. The van der Waals surface area contributed by atoms with Crippen LogP contribution in [-0.4, -0.2) is 24.7 Å². The lowest BCUT2D eigenvalue weighted by Crippen LogP contribution is -2.48. The minimum absolute atomic E-state index is 0.286. The highest BCUT2D eigenvalue weighted by Crippen LogP contribution is 2.58. The minimum atomic E-state index is 0.286. The molecule has 14 heavy (non-hydrogen) atoms. The predicted octanol–water partition coefficient (Wildman–Crippen LogP) is 0.948. The summed E-state index contributed by atoms with van der Waals surface area (Å²) in [5.41, 5.74) is 0. The van der Waals surface area contributed by atoms with Gasteiger partial charge < -0.3 is 9.47 Å². The van der Waals surface area contributed by atoms with Crippen LogP contribution >= 0.6 is 0 Å². The fourth-order valence-electron chi connectivity index (χ4n) is 4.51. The monoisotopic (exact) mass is 195 g/mol. The first kappa shape index (κ1) is 8.08. The van der Waals surface area contributed by atoms with Crippen LogP contribution in [0.2, 0.25) is 0 Å². The van der Waals surface area contributed by atoms with Crippen LogP contribution in [-0.2, 0) is 9.47 Å². The maximum Gasteiger partial charge on any atom is 0.113 e. The molecule has 4 aliphatic rings. The molecule has 0 aromatic rings. The second kappa shape index (κ2) is 2.34. The third-order valence-electron chi connectivity index (χ3n) is 4.89. The van der Waals surface area contributed by atoms with Crippen LogP contribution < -0.4 is 5.32 Å². The summed E-state index contributed by atoms with van der Waals surface area (Å²) in [4.78, 5) is 0. The van der Waals surface area contributed by atoms with Crippen LogP contribution in [0.5, 0.6) is 0 Å². The number of rotatable bonds is 0. The standard InChI is InChI=1S/C11H17NO2/c1-4-8-6-3-7-9(8)5(2)14-11(7)12-10(6)13-4/h4-12H,3H2,1-2H3. The Morgan fingerprint density at radius 1 is 0.929 bits per heavy atom. The third-order valence-corrected chi connectivity index (χ3v) is 4.89. The van der Waals surface area contributed by atoms with E-state index >= 15 is 0 Å². The van der Waals surface area contributed by atoms with Gasteiger partial charge in [0.2, 0.25) is 0 Å². The number of hydrogen-bond donors (Lipinski definition) is 1. The molecule has 4 rings (SSSR count). The van der Waals surface area contributed by atoms with Gasteiger partial charge in [-0.25, -0.2) is 0 Å². The maximum atomic E-state index is 5.95. The molecule has 3 nitrogen and oxygen atoms in total. The van der Waals surface area contributed by atoms with Gasteiger partial charge in [0.1, 0.15) is 12.5 Å². The average molecular weight is 195 g/mol. The van der Waals surface area contributed by atoms with Crippen molar-refractivity contribution in [3.63, 3.8) is 0 Å². The minimum Gasteiger partial charge on any atom is -0.360 e. The highest BCUT2D eigenvalue weighted by Gasteiger charge is 2.64. The Labute approximate surface area is 84.1 Å². The second-order valence-electron chi connectivity index (χ2n) is 5.41. The van der Waals surface area contributed by atoms with Crippen LogP contribution in [0.25, 0.3) is 0 Å². The first-order chi connectivity index (χ1) is 6.75. The zero-order valence-electron chi connectivity index (χ0n) is 8.64. The van der Waals surface area contributed by atoms with E-state index in [1.165, 1.54) is 6.42 Å². The van der Waals surface area contributed by atoms with Gasteiger partial charge in [-0.1, -0.05) is 0 Å². The third kappa shape index (κ3) is 0.730.